The molecule has 1 aliphatic rings. The van der Waals surface area contributed by atoms with Crippen molar-refractivity contribution in [1.29, 1.82) is 0 Å². The minimum Gasteiger partial charge on any atom is -0.507 e. The van der Waals surface area contributed by atoms with E-state index in [2.05, 4.69) is 10.9 Å². The number of rotatable bonds is 6. The number of methoxy groups -OCH3 is 1. The molecule has 1 fully saturated rings. The van der Waals surface area contributed by atoms with Gasteiger partial charge in [-0.15, -0.1) is 0 Å². The number of nitrogens with two attached hydrogens (primary N) is 1. The van der Waals surface area contributed by atoms with E-state index >= 15 is 0 Å². The van der Waals surface area contributed by atoms with Crippen LogP contribution in [0, 0.1) is 0 Å². The number of nitrogens with one attached hydrogen (secondary N) is 3. The second kappa shape index (κ2) is 8.05. The molecule has 138 valence electrons. The van der Waals surface area contributed by atoms with Crippen LogP contribution in [0.3, 0.4) is 0 Å². The SMILES string of the molecule is COc1ccccc1C1CNNC1c1ccc(OCC(=O)NN)cc1O. The maximum atomic E-state index is 11.2. The highest BCUT2D eigenvalue weighted by molar-refractivity contribution is 5.76. The third-order valence-electron chi connectivity index (χ3n) is 4.39. The molecule has 1 saturated heterocycles. The molecular formula is C18H22N4O4. The molecule has 1 heterocycles. The smallest absolute Gasteiger partial charge is 0.271 e. The van der Waals surface area contributed by atoms with Gasteiger partial charge in [0.15, 0.2) is 6.61 Å². The lowest BCUT2D eigenvalue weighted by atomic mass is 9.87. The first kappa shape index (κ1) is 18.0. The van der Waals surface area contributed by atoms with Crippen molar-refractivity contribution in [3.05, 3.63) is 53.6 Å². The topological polar surface area (TPSA) is 118 Å². The Balaban J connectivity index is 1.82. The number of hydrazine groups is 2. The van der Waals surface area contributed by atoms with Crippen molar-refractivity contribution in [3.8, 4) is 17.2 Å². The highest BCUT2D eigenvalue weighted by Gasteiger charge is 2.33. The maximum Gasteiger partial charge on any atom is 0.271 e. The number of phenols is 1. The molecule has 3 rings (SSSR count). The van der Waals surface area contributed by atoms with E-state index in [4.69, 9.17) is 15.3 Å². The third-order valence-corrected chi connectivity index (χ3v) is 4.39. The monoisotopic (exact) mass is 358 g/mol. The Morgan fingerprint density at radius 3 is 2.85 bits per heavy atom. The molecule has 2 aromatic carbocycles. The van der Waals surface area contributed by atoms with Crippen LogP contribution in [-0.4, -0.2) is 31.3 Å². The molecule has 0 saturated carbocycles. The summed E-state index contributed by atoms with van der Waals surface area (Å²) in [5.41, 5.74) is 10.1. The van der Waals surface area contributed by atoms with E-state index < -0.39 is 5.91 Å². The molecule has 0 aromatic heterocycles. The summed E-state index contributed by atoms with van der Waals surface area (Å²) in [6.07, 6.45) is 0. The molecule has 1 aliphatic heterocycles. The number of amides is 1. The highest BCUT2D eigenvalue weighted by Crippen LogP contribution is 2.41. The molecule has 6 N–H and O–H groups in total. The summed E-state index contributed by atoms with van der Waals surface area (Å²) in [6.45, 7) is 0.474. The minimum atomic E-state index is -0.452. The molecule has 2 unspecified atom stereocenters. The summed E-state index contributed by atoms with van der Waals surface area (Å²) in [5, 5.41) is 10.5. The Morgan fingerprint density at radius 2 is 2.12 bits per heavy atom. The van der Waals surface area contributed by atoms with Gasteiger partial charge in [-0.3, -0.25) is 15.6 Å². The number of phenolic OH excluding ortho intramolecular Hbond substituents is 1. The number of carbonyl (C=O) groups excluding carboxylic acids is 1. The van der Waals surface area contributed by atoms with Crippen molar-refractivity contribution in [2.45, 2.75) is 12.0 Å². The van der Waals surface area contributed by atoms with Gasteiger partial charge in [-0.25, -0.2) is 11.3 Å². The van der Waals surface area contributed by atoms with Crippen LogP contribution in [0.1, 0.15) is 23.1 Å². The second-order valence-corrected chi connectivity index (χ2v) is 5.93. The van der Waals surface area contributed by atoms with Crippen LogP contribution in [0.4, 0.5) is 0 Å². The Bertz CT molecular complexity index is 784. The molecule has 2 aromatic rings. The fourth-order valence-corrected chi connectivity index (χ4v) is 3.12. The standard InChI is InChI=1S/C18H22N4O4/c1-25-16-5-3-2-4-12(16)14-9-20-22-18(14)13-7-6-11(8-15(13)23)26-10-17(24)21-19/h2-8,14,18,20,22-23H,9-10,19H2,1H3,(H,21,24). The summed E-state index contributed by atoms with van der Waals surface area (Å²) in [5.74, 6) is 5.91. The van der Waals surface area contributed by atoms with Crippen molar-refractivity contribution in [3.63, 3.8) is 0 Å². The van der Waals surface area contributed by atoms with Crippen LogP contribution in [-0.2, 0) is 4.79 Å². The number of benzene rings is 2. The van der Waals surface area contributed by atoms with E-state index in [9.17, 15) is 9.90 Å². The predicted octanol–water partition coefficient (Wildman–Crippen LogP) is 0.702. The summed E-state index contributed by atoms with van der Waals surface area (Å²) >= 11 is 0. The molecule has 1 amide bonds. The number of hydrogen-bond donors (Lipinski definition) is 5. The first-order valence-electron chi connectivity index (χ1n) is 8.20. The van der Waals surface area contributed by atoms with Gasteiger partial charge >= 0.3 is 0 Å². The average molecular weight is 358 g/mol. The van der Waals surface area contributed by atoms with E-state index in [0.717, 1.165) is 16.9 Å². The molecule has 8 heteroatoms. The molecule has 0 bridgehead atoms. The molecule has 0 radical (unpaired) electrons. The normalized spacial score (nSPS) is 19.2. The fourth-order valence-electron chi connectivity index (χ4n) is 3.12. The zero-order chi connectivity index (χ0) is 18.5. The minimum absolute atomic E-state index is 0.0758. The molecule has 0 aliphatic carbocycles. The summed E-state index contributed by atoms with van der Waals surface area (Å²) < 4.78 is 10.8. The zero-order valence-corrected chi connectivity index (χ0v) is 14.4. The fraction of sp³-hybridized carbons (Fsp3) is 0.278. The molecule has 8 nitrogen and oxygen atoms in total. The van der Waals surface area contributed by atoms with E-state index in [0.29, 0.717) is 12.3 Å². The van der Waals surface area contributed by atoms with Crippen LogP contribution in [0.2, 0.25) is 0 Å². The molecule has 26 heavy (non-hydrogen) atoms. The Kier molecular flexibility index (Phi) is 5.57. The van der Waals surface area contributed by atoms with Crippen LogP contribution < -0.4 is 31.6 Å². The predicted molar refractivity (Wildman–Crippen MR) is 95.5 cm³/mol. The first-order valence-corrected chi connectivity index (χ1v) is 8.20. The van der Waals surface area contributed by atoms with Gasteiger partial charge in [0.1, 0.15) is 17.2 Å². The molecule has 2 atom stereocenters. The van der Waals surface area contributed by atoms with Crippen LogP contribution in [0.15, 0.2) is 42.5 Å². The lowest BCUT2D eigenvalue weighted by molar-refractivity contribution is -0.123. The number of carbonyl (C=O) groups is 1. The average Bonchev–Trinajstić information content (AvgIpc) is 3.15. The van der Waals surface area contributed by atoms with Crippen molar-refractivity contribution in [1.82, 2.24) is 16.3 Å². The largest absolute Gasteiger partial charge is 0.507 e. The van der Waals surface area contributed by atoms with Gasteiger partial charge in [0.2, 0.25) is 0 Å². The van der Waals surface area contributed by atoms with Crippen molar-refractivity contribution < 1.29 is 19.4 Å². The van der Waals surface area contributed by atoms with E-state index in [1.54, 1.807) is 19.2 Å². The van der Waals surface area contributed by atoms with Crippen LogP contribution in [0.25, 0.3) is 0 Å². The summed E-state index contributed by atoms with van der Waals surface area (Å²) in [7, 11) is 1.64. The second-order valence-electron chi connectivity index (χ2n) is 5.93. The van der Waals surface area contributed by atoms with Gasteiger partial charge in [0.05, 0.1) is 13.2 Å². The number of hydrogen-bond acceptors (Lipinski definition) is 7. The molecule has 0 spiro atoms. The van der Waals surface area contributed by atoms with Gasteiger partial charge < -0.3 is 14.6 Å². The lowest BCUT2D eigenvalue weighted by Gasteiger charge is -2.22. The number of ether oxygens (including phenoxy) is 2. The van der Waals surface area contributed by atoms with Crippen molar-refractivity contribution in [2.24, 2.45) is 5.84 Å². The van der Waals surface area contributed by atoms with Gasteiger partial charge in [0.25, 0.3) is 5.91 Å². The van der Waals surface area contributed by atoms with Gasteiger partial charge in [-0.1, -0.05) is 24.3 Å². The first-order chi connectivity index (χ1) is 12.6. The summed E-state index contributed by atoms with van der Waals surface area (Å²) in [6, 6.07) is 12.7. The highest BCUT2D eigenvalue weighted by atomic mass is 16.5. The number of para-hydroxylation sites is 1. The van der Waals surface area contributed by atoms with Gasteiger partial charge in [0, 0.05) is 29.7 Å². The molecular weight excluding hydrogens is 336 g/mol. The third kappa shape index (κ3) is 3.72. The lowest BCUT2D eigenvalue weighted by Crippen LogP contribution is -2.34. The Morgan fingerprint density at radius 1 is 1.31 bits per heavy atom. The van der Waals surface area contributed by atoms with Gasteiger partial charge in [-0.05, 0) is 12.1 Å². The van der Waals surface area contributed by atoms with Gasteiger partial charge in [-0.2, -0.15) is 0 Å². The zero-order valence-electron chi connectivity index (χ0n) is 14.4. The van der Waals surface area contributed by atoms with Crippen LogP contribution >= 0.6 is 0 Å². The van der Waals surface area contributed by atoms with Crippen LogP contribution in [0.5, 0.6) is 17.2 Å². The van der Waals surface area contributed by atoms with E-state index in [1.807, 2.05) is 29.7 Å². The summed E-state index contributed by atoms with van der Waals surface area (Å²) in [4.78, 5) is 11.2. The Hall–Kier alpha value is -2.81. The number of aromatic hydroxyl groups is 1. The quantitative estimate of drug-likeness (QED) is 0.293. The maximum absolute atomic E-state index is 11.2. The van der Waals surface area contributed by atoms with E-state index in [-0.39, 0.29) is 24.3 Å². The van der Waals surface area contributed by atoms with Crippen molar-refractivity contribution in [2.75, 3.05) is 20.3 Å². The Labute approximate surface area is 151 Å². The van der Waals surface area contributed by atoms with Crippen molar-refractivity contribution >= 4 is 5.91 Å². The van der Waals surface area contributed by atoms with E-state index in [1.165, 1.54) is 6.07 Å².